The number of aromatic nitrogens is 2. The molecule has 26 heavy (non-hydrogen) atoms. The molecule has 0 aliphatic carbocycles. The van der Waals surface area contributed by atoms with E-state index in [-0.39, 0.29) is 0 Å². The summed E-state index contributed by atoms with van der Waals surface area (Å²) in [4.78, 5) is 8.35. The van der Waals surface area contributed by atoms with Crippen LogP contribution in [0.4, 0.5) is 0 Å². The highest BCUT2D eigenvalue weighted by atomic mass is 127. The molecule has 0 unspecified atom stereocenters. The van der Waals surface area contributed by atoms with E-state index >= 15 is 0 Å². The molecule has 4 rings (SSSR count). The molecule has 0 spiro atoms. The van der Waals surface area contributed by atoms with Gasteiger partial charge in [0, 0.05) is 30.3 Å². The molecule has 0 aliphatic rings. The van der Waals surface area contributed by atoms with E-state index in [0.717, 1.165) is 33.9 Å². The van der Waals surface area contributed by atoms with E-state index in [2.05, 4.69) is 51.8 Å². The summed E-state index contributed by atoms with van der Waals surface area (Å²) >= 11 is 14.4. The van der Waals surface area contributed by atoms with Crippen LogP contribution >= 0.6 is 45.8 Å². The lowest BCUT2D eigenvalue weighted by Crippen LogP contribution is -1.83. The third kappa shape index (κ3) is 3.65. The molecule has 1 heterocycles. The predicted octanol–water partition coefficient (Wildman–Crippen LogP) is 7.32. The Kier molecular flexibility index (Phi) is 5.02. The number of H-pyrrole nitrogens is 1. The van der Waals surface area contributed by atoms with Gasteiger partial charge in [0.1, 0.15) is 5.82 Å². The lowest BCUT2D eigenvalue weighted by Gasteiger charge is -2.03. The van der Waals surface area contributed by atoms with Gasteiger partial charge in [-0.25, -0.2) is 4.98 Å². The van der Waals surface area contributed by atoms with Crippen molar-refractivity contribution < 1.29 is 0 Å². The Morgan fingerprint density at radius 1 is 0.654 bits per heavy atom. The van der Waals surface area contributed by atoms with Gasteiger partial charge in [-0.05, 0) is 59.0 Å². The summed E-state index contributed by atoms with van der Waals surface area (Å²) in [5.41, 5.74) is 4.92. The van der Waals surface area contributed by atoms with Crippen molar-refractivity contribution in [3.8, 4) is 33.9 Å². The minimum absolute atomic E-state index is 0.704. The third-order valence-electron chi connectivity index (χ3n) is 4.07. The summed E-state index contributed by atoms with van der Waals surface area (Å²) in [6, 6.07) is 23.7. The molecule has 0 bridgehead atoms. The second kappa shape index (κ2) is 7.43. The predicted molar refractivity (Wildman–Crippen MR) is 118 cm³/mol. The van der Waals surface area contributed by atoms with E-state index < -0.39 is 0 Å². The fourth-order valence-corrected chi connectivity index (χ4v) is 3.37. The Hall–Kier alpha value is -1.82. The highest BCUT2D eigenvalue weighted by molar-refractivity contribution is 14.1. The molecular weight excluding hydrogens is 478 g/mol. The van der Waals surface area contributed by atoms with Gasteiger partial charge in [0.05, 0.1) is 11.4 Å². The maximum atomic E-state index is 6.05. The molecule has 5 heteroatoms. The van der Waals surface area contributed by atoms with Gasteiger partial charge >= 0.3 is 0 Å². The second-order valence-corrected chi connectivity index (χ2v) is 7.95. The van der Waals surface area contributed by atoms with E-state index in [9.17, 15) is 0 Å². The molecule has 128 valence electrons. The van der Waals surface area contributed by atoms with Crippen LogP contribution in [0.2, 0.25) is 10.0 Å². The van der Waals surface area contributed by atoms with Gasteiger partial charge in [0.2, 0.25) is 0 Å². The van der Waals surface area contributed by atoms with Crippen LogP contribution in [-0.2, 0) is 0 Å². The van der Waals surface area contributed by atoms with Crippen LogP contribution in [0.3, 0.4) is 0 Å². The highest BCUT2D eigenvalue weighted by Crippen LogP contribution is 2.34. The number of aromatic amines is 1. The molecular formula is C21H13Cl2IN2. The summed E-state index contributed by atoms with van der Waals surface area (Å²) in [6.07, 6.45) is 0. The van der Waals surface area contributed by atoms with Gasteiger partial charge < -0.3 is 4.98 Å². The molecule has 0 saturated heterocycles. The first kappa shape index (κ1) is 17.6. The van der Waals surface area contributed by atoms with Gasteiger partial charge in [-0.3, -0.25) is 0 Å². The Balaban J connectivity index is 1.88. The molecule has 0 atom stereocenters. The van der Waals surface area contributed by atoms with E-state index in [4.69, 9.17) is 28.2 Å². The number of hydrogen-bond donors (Lipinski definition) is 1. The smallest absolute Gasteiger partial charge is 0.138 e. The molecule has 3 aromatic carbocycles. The summed E-state index contributed by atoms with van der Waals surface area (Å²) in [6.45, 7) is 0. The minimum Gasteiger partial charge on any atom is -0.337 e. The molecule has 0 amide bonds. The lowest BCUT2D eigenvalue weighted by molar-refractivity contribution is 1.31. The van der Waals surface area contributed by atoms with Gasteiger partial charge in [-0.15, -0.1) is 0 Å². The molecule has 1 N–H and O–H groups in total. The quantitative estimate of drug-likeness (QED) is 0.299. The van der Waals surface area contributed by atoms with Gasteiger partial charge in [-0.1, -0.05) is 59.6 Å². The fraction of sp³-hybridized carbons (Fsp3) is 0. The normalized spacial score (nSPS) is 10.9. The van der Waals surface area contributed by atoms with Gasteiger partial charge in [-0.2, -0.15) is 0 Å². The number of imidazole rings is 1. The topological polar surface area (TPSA) is 28.7 Å². The largest absolute Gasteiger partial charge is 0.337 e. The van der Waals surface area contributed by atoms with Gasteiger partial charge in [0.15, 0.2) is 0 Å². The number of nitrogens with one attached hydrogen (secondary N) is 1. The number of halogens is 3. The van der Waals surface area contributed by atoms with Crippen LogP contribution in [0.1, 0.15) is 0 Å². The van der Waals surface area contributed by atoms with Crippen LogP contribution in [0, 0.1) is 3.57 Å². The van der Waals surface area contributed by atoms with Crippen LogP contribution in [0.25, 0.3) is 33.9 Å². The van der Waals surface area contributed by atoms with Crippen molar-refractivity contribution in [1.82, 2.24) is 9.97 Å². The number of benzene rings is 3. The summed E-state index contributed by atoms with van der Waals surface area (Å²) in [7, 11) is 0. The zero-order valence-corrected chi connectivity index (χ0v) is 17.2. The van der Waals surface area contributed by atoms with Crippen molar-refractivity contribution in [1.29, 1.82) is 0 Å². The monoisotopic (exact) mass is 490 g/mol. The first-order valence-corrected chi connectivity index (χ1v) is 9.81. The van der Waals surface area contributed by atoms with Crippen LogP contribution < -0.4 is 0 Å². The number of hydrogen-bond acceptors (Lipinski definition) is 1. The Morgan fingerprint density at radius 2 is 1.15 bits per heavy atom. The Bertz CT molecular complexity index is 974. The minimum atomic E-state index is 0.704. The van der Waals surface area contributed by atoms with Crippen molar-refractivity contribution in [2.45, 2.75) is 0 Å². The maximum Gasteiger partial charge on any atom is 0.138 e. The van der Waals surface area contributed by atoms with Crippen molar-refractivity contribution >= 4 is 45.8 Å². The van der Waals surface area contributed by atoms with Crippen molar-refractivity contribution in [3.05, 3.63) is 86.4 Å². The zero-order chi connectivity index (χ0) is 18.1. The second-order valence-electron chi connectivity index (χ2n) is 5.83. The van der Waals surface area contributed by atoms with Crippen molar-refractivity contribution in [2.75, 3.05) is 0 Å². The SMILES string of the molecule is Clc1ccc(-c2nc(-c3ccc(I)cc3)[nH]c2-c2ccc(Cl)cc2)cc1. The summed E-state index contributed by atoms with van der Waals surface area (Å²) in [5, 5.41) is 1.41. The van der Waals surface area contributed by atoms with Crippen molar-refractivity contribution in [3.63, 3.8) is 0 Å². The average Bonchev–Trinajstić information content (AvgIpc) is 3.09. The summed E-state index contributed by atoms with van der Waals surface area (Å²) in [5.74, 6) is 0.830. The molecule has 4 aromatic rings. The van der Waals surface area contributed by atoms with Crippen LogP contribution in [-0.4, -0.2) is 9.97 Å². The zero-order valence-electron chi connectivity index (χ0n) is 13.5. The number of rotatable bonds is 3. The molecule has 0 aliphatic heterocycles. The Labute approximate surface area is 175 Å². The average molecular weight is 491 g/mol. The van der Waals surface area contributed by atoms with Crippen LogP contribution in [0.15, 0.2) is 72.8 Å². The first-order chi connectivity index (χ1) is 12.6. The van der Waals surface area contributed by atoms with E-state index in [0.29, 0.717) is 10.0 Å². The molecule has 1 aromatic heterocycles. The van der Waals surface area contributed by atoms with E-state index in [1.54, 1.807) is 0 Å². The maximum absolute atomic E-state index is 6.05. The van der Waals surface area contributed by atoms with Crippen molar-refractivity contribution in [2.24, 2.45) is 0 Å². The first-order valence-electron chi connectivity index (χ1n) is 7.98. The molecule has 0 fully saturated rings. The fourth-order valence-electron chi connectivity index (χ4n) is 2.76. The summed E-state index contributed by atoms with van der Waals surface area (Å²) < 4.78 is 1.19. The third-order valence-corrected chi connectivity index (χ3v) is 5.30. The standard InChI is InChI=1S/C21H13Cl2IN2/c22-16-7-1-13(2-8-16)19-20(14-3-9-17(23)10-4-14)26-21(25-19)15-5-11-18(24)12-6-15/h1-12H,(H,25,26). The highest BCUT2D eigenvalue weighted by Gasteiger charge is 2.15. The van der Waals surface area contributed by atoms with Crippen LogP contribution in [0.5, 0.6) is 0 Å². The van der Waals surface area contributed by atoms with E-state index in [1.807, 2.05) is 48.5 Å². The number of nitrogens with zero attached hydrogens (tertiary/aromatic N) is 1. The lowest BCUT2D eigenvalue weighted by atomic mass is 10.1. The van der Waals surface area contributed by atoms with Gasteiger partial charge in [0.25, 0.3) is 0 Å². The molecule has 0 radical (unpaired) electrons. The Morgan fingerprint density at radius 3 is 1.73 bits per heavy atom. The molecule has 2 nitrogen and oxygen atoms in total. The molecule has 0 saturated carbocycles. The van der Waals surface area contributed by atoms with E-state index in [1.165, 1.54) is 3.57 Å².